The van der Waals surface area contributed by atoms with Crippen LogP contribution in [-0.2, 0) is 10.3 Å². The monoisotopic (exact) mass is 283 g/mol. The second-order valence-corrected chi connectivity index (χ2v) is 5.93. The third kappa shape index (κ3) is 2.79. The minimum absolute atomic E-state index is 0.338. The van der Waals surface area contributed by atoms with Crippen molar-refractivity contribution < 1.29 is 9.84 Å². The minimum atomic E-state index is -0.877. The van der Waals surface area contributed by atoms with Gasteiger partial charge in [-0.05, 0) is 37.6 Å². The molecule has 1 saturated heterocycles. The Hall–Kier alpha value is -0.610. The highest BCUT2D eigenvalue weighted by Gasteiger charge is 2.49. The van der Waals surface area contributed by atoms with Crippen molar-refractivity contribution in [2.45, 2.75) is 25.9 Å². The molecular formula is C15H22ClNO2. The zero-order valence-corrected chi connectivity index (χ0v) is 12.3. The average molecular weight is 284 g/mol. The molecule has 106 valence electrons. The van der Waals surface area contributed by atoms with Crippen LogP contribution in [0.15, 0.2) is 24.3 Å². The third-order valence-electron chi connectivity index (χ3n) is 4.12. The predicted octanol–water partition coefficient (Wildman–Crippen LogP) is 2.56. The first kappa shape index (κ1) is 14.8. The summed E-state index contributed by atoms with van der Waals surface area (Å²) in [6.45, 7) is 6.79. The Labute approximate surface area is 119 Å². The zero-order chi connectivity index (χ0) is 13.9. The molecule has 2 N–H and O–H groups in total. The van der Waals surface area contributed by atoms with Gasteiger partial charge >= 0.3 is 0 Å². The first-order valence-electron chi connectivity index (χ1n) is 6.79. The molecule has 0 spiro atoms. The van der Waals surface area contributed by atoms with Gasteiger partial charge in [0, 0.05) is 23.6 Å². The van der Waals surface area contributed by atoms with Crippen LogP contribution in [0.1, 0.15) is 25.8 Å². The smallest absolute Gasteiger partial charge is 0.0996 e. The van der Waals surface area contributed by atoms with Crippen LogP contribution in [0, 0.1) is 5.41 Å². The second-order valence-electron chi connectivity index (χ2n) is 5.49. The molecule has 1 aliphatic heterocycles. The van der Waals surface area contributed by atoms with E-state index in [1.807, 2.05) is 31.2 Å². The van der Waals surface area contributed by atoms with Crippen LogP contribution in [0.4, 0.5) is 0 Å². The maximum absolute atomic E-state index is 11.2. The fraction of sp³-hybridized carbons (Fsp3) is 0.600. The van der Waals surface area contributed by atoms with E-state index in [2.05, 4.69) is 12.2 Å². The number of halogens is 1. The average Bonchev–Trinajstić information content (AvgIpc) is 2.41. The van der Waals surface area contributed by atoms with E-state index >= 15 is 0 Å². The number of rotatable bonds is 4. The summed E-state index contributed by atoms with van der Waals surface area (Å²) in [6.07, 6.45) is 0.679. The molecule has 2 rings (SSSR count). The van der Waals surface area contributed by atoms with Crippen LogP contribution in [-0.4, -0.2) is 31.4 Å². The summed E-state index contributed by atoms with van der Waals surface area (Å²) >= 11 is 5.93. The Morgan fingerprint density at radius 1 is 1.37 bits per heavy atom. The van der Waals surface area contributed by atoms with Gasteiger partial charge in [-0.2, -0.15) is 0 Å². The van der Waals surface area contributed by atoms with E-state index < -0.39 is 5.60 Å². The van der Waals surface area contributed by atoms with Gasteiger partial charge in [-0.1, -0.05) is 30.7 Å². The highest BCUT2D eigenvalue weighted by Crippen LogP contribution is 2.44. The molecule has 0 bridgehead atoms. The van der Waals surface area contributed by atoms with Gasteiger partial charge in [0.2, 0.25) is 0 Å². The quantitative estimate of drug-likeness (QED) is 0.892. The summed E-state index contributed by atoms with van der Waals surface area (Å²) in [5.41, 5.74) is -0.298. The highest BCUT2D eigenvalue weighted by molar-refractivity contribution is 6.30. The van der Waals surface area contributed by atoms with Crippen molar-refractivity contribution in [1.29, 1.82) is 0 Å². The number of ether oxygens (including phenoxy) is 1. The van der Waals surface area contributed by atoms with Gasteiger partial charge in [0.1, 0.15) is 0 Å². The van der Waals surface area contributed by atoms with E-state index in [9.17, 15) is 5.11 Å². The molecule has 2 unspecified atom stereocenters. The Morgan fingerprint density at radius 2 is 2.05 bits per heavy atom. The second kappa shape index (κ2) is 5.80. The lowest BCUT2D eigenvalue weighted by Gasteiger charge is -2.49. The van der Waals surface area contributed by atoms with E-state index in [1.54, 1.807) is 0 Å². The largest absolute Gasteiger partial charge is 0.384 e. The summed E-state index contributed by atoms with van der Waals surface area (Å²) in [5, 5.41) is 15.3. The maximum Gasteiger partial charge on any atom is 0.0996 e. The van der Waals surface area contributed by atoms with E-state index in [1.165, 1.54) is 0 Å². The molecule has 0 aliphatic carbocycles. The fourth-order valence-electron chi connectivity index (χ4n) is 2.80. The number of nitrogens with one attached hydrogen (secondary N) is 1. The summed E-state index contributed by atoms with van der Waals surface area (Å²) in [7, 11) is 0. The number of piperidine rings is 1. The first-order valence-corrected chi connectivity index (χ1v) is 7.16. The molecule has 0 radical (unpaired) electrons. The lowest BCUT2D eigenvalue weighted by molar-refractivity contribution is -0.135. The van der Waals surface area contributed by atoms with Crippen molar-refractivity contribution in [3.8, 4) is 0 Å². The lowest BCUT2D eigenvalue weighted by Crippen LogP contribution is -2.57. The number of benzene rings is 1. The lowest BCUT2D eigenvalue weighted by atomic mass is 9.66. The molecule has 3 nitrogen and oxygen atoms in total. The van der Waals surface area contributed by atoms with Crippen molar-refractivity contribution in [2.24, 2.45) is 5.41 Å². The summed E-state index contributed by atoms with van der Waals surface area (Å²) in [4.78, 5) is 0. The molecule has 0 aromatic heterocycles. The molecule has 0 saturated carbocycles. The van der Waals surface area contributed by atoms with Crippen LogP contribution in [0.5, 0.6) is 0 Å². The molecule has 1 aromatic carbocycles. The van der Waals surface area contributed by atoms with E-state index in [0.717, 1.165) is 18.7 Å². The van der Waals surface area contributed by atoms with Crippen molar-refractivity contribution in [2.75, 3.05) is 26.3 Å². The maximum atomic E-state index is 11.2. The van der Waals surface area contributed by atoms with Crippen molar-refractivity contribution in [3.63, 3.8) is 0 Å². The normalized spacial score (nSPS) is 31.4. The van der Waals surface area contributed by atoms with Crippen LogP contribution in [0.25, 0.3) is 0 Å². The van der Waals surface area contributed by atoms with Gasteiger partial charge in [-0.3, -0.25) is 0 Å². The molecule has 1 aromatic rings. The van der Waals surface area contributed by atoms with E-state index in [4.69, 9.17) is 16.3 Å². The molecule has 19 heavy (non-hydrogen) atoms. The van der Waals surface area contributed by atoms with Crippen LogP contribution < -0.4 is 5.32 Å². The number of hydrogen-bond acceptors (Lipinski definition) is 3. The Bertz CT molecular complexity index is 423. The van der Waals surface area contributed by atoms with Gasteiger partial charge in [-0.15, -0.1) is 0 Å². The zero-order valence-electron chi connectivity index (χ0n) is 11.6. The Kier molecular flexibility index (Phi) is 4.51. The Balaban J connectivity index is 2.33. The number of aliphatic hydroxyl groups is 1. The molecule has 0 amide bonds. The van der Waals surface area contributed by atoms with Gasteiger partial charge in [0.15, 0.2) is 0 Å². The van der Waals surface area contributed by atoms with Gasteiger partial charge in [0.25, 0.3) is 0 Å². The topological polar surface area (TPSA) is 41.5 Å². The molecule has 4 heteroatoms. The summed E-state index contributed by atoms with van der Waals surface area (Å²) in [6, 6.07) is 7.49. The van der Waals surface area contributed by atoms with Gasteiger partial charge in [0.05, 0.1) is 12.2 Å². The van der Waals surface area contributed by atoms with E-state index in [-0.39, 0.29) is 5.41 Å². The van der Waals surface area contributed by atoms with Crippen LogP contribution in [0.3, 0.4) is 0 Å². The standard InChI is InChI=1S/C15H22ClNO2/c1-3-19-11-14(2)10-17-9-8-15(14,18)12-4-6-13(16)7-5-12/h4-7,17-18H,3,8-11H2,1-2H3. The Morgan fingerprint density at radius 3 is 2.68 bits per heavy atom. The van der Waals surface area contributed by atoms with Crippen LogP contribution in [0.2, 0.25) is 5.02 Å². The molecule has 1 fully saturated rings. The SMILES string of the molecule is CCOCC1(C)CNCCC1(O)c1ccc(Cl)cc1. The van der Waals surface area contributed by atoms with Crippen molar-refractivity contribution in [1.82, 2.24) is 5.32 Å². The first-order chi connectivity index (χ1) is 9.02. The van der Waals surface area contributed by atoms with Gasteiger partial charge < -0.3 is 15.2 Å². The summed E-state index contributed by atoms with van der Waals surface area (Å²) in [5.74, 6) is 0. The van der Waals surface area contributed by atoms with Crippen LogP contribution >= 0.6 is 11.6 Å². The highest BCUT2D eigenvalue weighted by atomic mass is 35.5. The number of hydrogen-bond donors (Lipinski definition) is 2. The summed E-state index contributed by atoms with van der Waals surface area (Å²) < 4.78 is 5.59. The predicted molar refractivity (Wildman–Crippen MR) is 77.4 cm³/mol. The van der Waals surface area contributed by atoms with Crippen molar-refractivity contribution in [3.05, 3.63) is 34.9 Å². The minimum Gasteiger partial charge on any atom is -0.384 e. The van der Waals surface area contributed by atoms with Gasteiger partial charge in [-0.25, -0.2) is 0 Å². The van der Waals surface area contributed by atoms with Crippen molar-refractivity contribution >= 4 is 11.6 Å². The third-order valence-corrected chi connectivity index (χ3v) is 4.38. The molecule has 1 aliphatic rings. The fourth-order valence-corrected chi connectivity index (χ4v) is 2.92. The van der Waals surface area contributed by atoms with E-state index in [0.29, 0.717) is 24.7 Å². The molecular weight excluding hydrogens is 262 g/mol. The molecule has 1 heterocycles. The molecule has 2 atom stereocenters.